The van der Waals surface area contributed by atoms with Gasteiger partial charge >= 0.3 is 143 Å². The molecule has 114 valence electrons. The third kappa shape index (κ3) is 3.54. The van der Waals surface area contributed by atoms with Crippen molar-refractivity contribution in [1.29, 1.82) is 0 Å². The van der Waals surface area contributed by atoms with Gasteiger partial charge in [0, 0.05) is 0 Å². The summed E-state index contributed by atoms with van der Waals surface area (Å²) < 4.78 is 1.23. The molecule has 2 aromatic rings. The van der Waals surface area contributed by atoms with E-state index < -0.39 is 0 Å². The van der Waals surface area contributed by atoms with Gasteiger partial charge < -0.3 is 0 Å². The summed E-state index contributed by atoms with van der Waals surface area (Å²) in [6.45, 7) is 5.54. The second kappa shape index (κ2) is 6.87. The molecular weight excluding hydrogens is 359 g/mol. The summed E-state index contributed by atoms with van der Waals surface area (Å²) >= 11 is 6.31. The van der Waals surface area contributed by atoms with Gasteiger partial charge in [-0.05, 0) is 0 Å². The van der Waals surface area contributed by atoms with Crippen molar-refractivity contribution in [3.63, 3.8) is 0 Å². The van der Waals surface area contributed by atoms with Crippen LogP contribution in [0.5, 0.6) is 0 Å². The summed E-state index contributed by atoms with van der Waals surface area (Å²) in [5.74, 6) is 0. The van der Waals surface area contributed by atoms with E-state index in [4.69, 9.17) is 16.6 Å². The van der Waals surface area contributed by atoms with E-state index in [9.17, 15) is 0 Å². The fraction of sp³-hybridized carbons (Fsp3) is 0.278. The topological polar surface area (TPSA) is 15.6 Å². The third-order valence-corrected chi connectivity index (χ3v) is 6.56. The predicted molar refractivity (Wildman–Crippen MR) is 95.3 cm³/mol. The van der Waals surface area contributed by atoms with Crippen molar-refractivity contribution < 1.29 is 0 Å². The summed E-state index contributed by atoms with van der Waals surface area (Å²) in [5, 5.41) is 0.753. The maximum atomic E-state index is 5.96. The van der Waals surface area contributed by atoms with Gasteiger partial charge in [0.1, 0.15) is 0 Å². The van der Waals surface area contributed by atoms with Crippen LogP contribution in [0.2, 0.25) is 5.02 Å². The molecule has 0 saturated carbocycles. The Kier molecular flexibility index (Phi) is 4.87. The molecule has 0 aromatic heterocycles. The van der Waals surface area contributed by atoms with Crippen LogP contribution in [-0.4, -0.2) is 37.2 Å². The van der Waals surface area contributed by atoms with E-state index in [0.717, 1.165) is 17.3 Å². The van der Waals surface area contributed by atoms with Crippen LogP contribution in [-0.2, 0) is 0 Å². The van der Waals surface area contributed by atoms with Crippen molar-refractivity contribution in [2.24, 2.45) is 4.99 Å². The van der Waals surface area contributed by atoms with Crippen LogP contribution in [0, 0.1) is 0 Å². The first kappa shape index (κ1) is 15.6. The van der Waals surface area contributed by atoms with Crippen LogP contribution < -0.4 is 0 Å². The first-order chi connectivity index (χ1) is 10.6. The monoisotopic (exact) mass is 378 g/mol. The summed E-state index contributed by atoms with van der Waals surface area (Å²) in [6, 6.07) is 19.0. The van der Waals surface area contributed by atoms with Crippen molar-refractivity contribution >= 4 is 37.0 Å². The molecule has 1 heterocycles. The molecule has 4 heteroatoms. The number of halogens is 1. The van der Waals surface area contributed by atoms with E-state index in [1.165, 1.54) is 10.3 Å². The van der Waals surface area contributed by atoms with Crippen molar-refractivity contribution in [1.82, 2.24) is 4.90 Å². The van der Waals surface area contributed by atoms with Crippen molar-refractivity contribution in [2.45, 2.75) is 24.7 Å². The Bertz CT molecular complexity index is 653. The minimum absolute atomic E-state index is 0.352. The molecule has 0 radical (unpaired) electrons. The summed E-state index contributed by atoms with van der Waals surface area (Å²) in [7, 11) is 0. The molecule has 22 heavy (non-hydrogen) atoms. The molecule has 0 bridgehead atoms. The van der Waals surface area contributed by atoms with Gasteiger partial charge in [-0.2, -0.15) is 0 Å². The quantitative estimate of drug-likeness (QED) is 0.719. The van der Waals surface area contributed by atoms with Crippen LogP contribution in [0.3, 0.4) is 0 Å². The molecule has 1 saturated heterocycles. The zero-order chi connectivity index (χ0) is 15.5. The molecule has 3 rings (SSSR count). The Morgan fingerprint density at radius 2 is 1.77 bits per heavy atom. The Labute approximate surface area is 143 Å². The molecule has 1 aliphatic rings. The van der Waals surface area contributed by atoms with Crippen LogP contribution >= 0.6 is 11.6 Å². The molecule has 1 atom stereocenters. The zero-order valence-electron chi connectivity index (χ0n) is 12.7. The third-order valence-electron chi connectivity index (χ3n) is 3.70. The normalized spacial score (nSPS) is 20.1. The van der Waals surface area contributed by atoms with E-state index in [1.807, 2.05) is 24.3 Å². The number of hydrogen-bond acceptors (Lipinski definition) is 1. The Hall–Kier alpha value is -1.28. The molecule has 0 N–H and O–H groups in total. The summed E-state index contributed by atoms with van der Waals surface area (Å²) in [4.78, 5) is 7.91. The number of nitrogens with zero attached hydrogens (tertiary/aromatic N) is 2. The van der Waals surface area contributed by atoms with E-state index in [0.29, 0.717) is 25.8 Å². The van der Waals surface area contributed by atoms with E-state index in [2.05, 4.69) is 49.1 Å². The molecule has 2 aromatic carbocycles. The van der Waals surface area contributed by atoms with Gasteiger partial charge in [-0.15, -0.1) is 0 Å². The number of aliphatic imine (C=N–C) groups is 1. The minimum atomic E-state index is 0.352. The van der Waals surface area contributed by atoms with E-state index in [1.54, 1.807) is 0 Å². The molecule has 0 aliphatic carbocycles. The van der Waals surface area contributed by atoms with Crippen LogP contribution in [0.4, 0.5) is 5.69 Å². The molecule has 1 aliphatic heterocycles. The second-order valence-electron chi connectivity index (χ2n) is 5.63. The Morgan fingerprint density at radius 1 is 1.09 bits per heavy atom. The zero-order valence-corrected chi connectivity index (χ0v) is 15.2. The number of benzene rings is 2. The van der Waals surface area contributed by atoms with Crippen molar-refractivity contribution in [2.75, 3.05) is 6.54 Å². The van der Waals surface area contributed by atoms with Gasteiger partial charge in [0.25, 0.3) is 0 Å². The molecule has 1 fully saturated rings. The van der Waals surface area contributed by atoms with Crippen molar-refractivity contribution in [3.05, 3.63) is 65.2 Å². The Morgan fingerprint density at radius 3 is 2.41 bits per heavy atom. The molecule has 1 unspecified atom stereocenters. The fourth-order valence-corrected chi connectivity index (χ4v) is 5.46. The Balaban J connectivity index is 1.87. The number of amidine groups is 1. The van der Waals surface area contributed by atoms with E-state index in [-0.39, 0.29) is 0 Å². The van der Waals surface area contributed by atoms with Gasteiger partial charge in [0.15, 0.2) is 0 Å². The van der Waals surface area contributed by atoms with Crippen LogP contribution in [0.15, 0.2) is 59.6 Å². The average Bonchev–Trinajstić information content (AvgIpc) is 2.95. The molecular formula is C18H19ClN2Se. The van der Waals surface area contributed by atoms with Crippen molar-refractivity contribution in [3.8, 4) is 0 Å². The first-order valence-electron chi connectivity index (χ1n) is 7.46. The fourth-order valence-electron chi connectivity index (χ4n) is 2.48. The second-order valence-corrected chi connectivity index (χ2v) is 8.53. The molecule has 0 spiro atoms. The van der Waals surface area contributed by atoms with E-state index >= 15 is 0 Å². The summed E-state index contributed by atoms with van der Waals surface area (Å²) in [6.07, 6.45) is 0. The van der Waals surface area contributed by atoms with Gasteiger partial charge in [0.2, 0.25) is 0 Å². The van der Waals surface area contributed by atoms with Gasteiger partial charge in [-0.25, -0.2) is 0 Å². The number of rotatable bonds is 3. The standard InChI is InChI=1S/C18H19ClN2Se/c1-13(2)21-12-17(14-6-4-3-5-7-14)22-18(21)20-16-10-8-15(19)9-11-16/h3-11,13,17H,12H2,1-2H3. The SMILES string of the molecule is CC(C)N1CC(c2ccccc2)[Se]C1=Nc1ccc(Cl)cc1. The van der Waals surface area contributed by atoms with Crippen LogP contribution in [0.25, 0.3) is 0 Å². The maximum absolute atomic E-state index is 5.96. The predicted octanol–water partition coefficient (Wildman–Crippen LogP) is 4.50. The first-order valence-corrected chi connectivity index (χ1v) is 9.68. The van der Waals surface area contributed by atoms with Gasteiger partial charge in [-0.3, -0.25) is 0 Å². The van der Waals surface area contributed by atoms with Crippen LogP contribution in [0.1, 0.15) is 24.2 Å². The number of hydrogen-bond donors (Lipinski definition) is 0. The average molecular weight is 378 g/mol. The molecule has 2 nitrogen and oxygen atoms in total. The van der Waals surface area contributed by atoms with Gasteiger partial charge in [0.05, 0.1) is 0 Å². The molecule has 0 amide bonds. The van der Waals surface area contributed by atoms with Gasteiger partial charge in [-0.1, -0.05) is 0 Å². The summed E-state index contributed by atoms with van der Waals surface area (Å²) in [5.41, 5.74) is 2.41.